The zero-order valence-electron chi connectivity index (χ0n) is 9.99. The van der Waals surface area contributed by atoms with E-state index in [1.54, 1.807) is 24.3 Å². The van der Waals surface area contributed by atoms with Crippen molar-refractivity contribution in [3.05, 3.63) is 41.4 Å². The van der Waals surface area contributed by atoms with Crippen LogP contribution in [0, 0.1) is 0 Å². The van der Waals surface area contributed by atoms with Crippen molar-refractivity contribution in [3.63, 3.8) is 0 Å². The molecule has 0 spiro atoms. The molecule has 0 aliphatic rings. The van der Waals surface area contributed by atoms with Gasteiger partial charge in [-0.15, -0.1) is 6.58 Å². The molecule has 1 aromatic carbocycles. The summed E-state index contributed by atoms with van der Waals surface area (Å²) >= 11 is 5.84. The van der Waals surface area contributed by atoms with Gasteiger partial charge in [-0.1, -0.05) is 23.7 Å². The minimum Gasteiger partial charge on any atom is -0.478 e. The number of ether oxygens (including phenoxy) is 1. The van der Waals surface area contributed by atoms with E-state index in [1.807, 2.05) is 0 Å². The van der Waals surface area contributed by atoms with Gasteiger partial charge in [-0.25, -0.2) is 4.79 Å². The van der Waals surface area contributed by atoms with Crippen LogP contribution in [0.2, 0.25) is 5.02 Å². The topological polar surface area (TPSA) is 58.6 Å². The van der Waals surface area contributed by atoms with Crippen molar-refractivity contribution < 1.29 is 14.6 Å². The number of benzene rings is 1. The van der Waals surface area contributed by atoms with E-state index in [0.717, 1.165) is 6.42 Å². The predicted octanol–water partition coefficient (Wildman–Crippen LogP) is 3.04. The summed E-state index contributed by atoms with van der Waals surface area (Å²) in [6, 6.07) is 4.94. The Balaban J connectivity index is 2.49. The molecular weight excluding hydrogens is 254 g/mol. The van der Waals surface area contributed by atoms with Crippen LogP contribution in [-0.2, 0) is 4.74 Å². The summed E-state index contributed by atoms with van der Waals surface area (Å²) in [6.07, 6.45) is 2.59. The first-order valence-corrected chi connectivity index (χ1v) is 5.99. The van der Waals surface area contributed by atoms with E-state index in [4.69, 9.17) is 21.4 Å². The zero-order chi connectivity index (χ0) is 13.4. The van der Waals surface area contributed by atoms with Crippen LogP contribution in [-0.4, -0.2) is 30.8 Å². The molecule has 0 aliphatic heterocycles. The second-order valence-corrected chi connectivity index (χ2v) is 3.99. The highest BCUT2D eigenvalue weighted by molar-refractivity contribution is 6.34. The van der Waals surface area contributed by atoms with Gasteiger partial charge in [0.2, 0.25) is 0 Å². The van der Waals surface area contributed by atoms with Crippen molar-refractivity contribution in [1.29, 1.82) is 0 Å². The zero-order valence-corrected chi connectivity index (χ0v) is 10.7. The normalized spacial score (nSPS) is 10.1. The number of anilines is 1. The van der Waals surface area contributed by atoms with E-state index in [-0.39, 0.29) is 10.6 Å². The van der Waals surface area contributed by atoms with Crippen LogP contribution in [0.5, 0.6) is 0 Å². The van der Waals surface area contributed by atoms with Crippen LogP contribution >= 0.6 is 11.6 Å². The van der Waals surface area contributed by atoms with Crippen molar-refractivity contribution in [2.75, 3.05) is 25.1 Å². The Morgan fingerprint density at radius 1 is 1.50 bits per heavy atom. The molecule has 0 saturated heterocycles. The van der Waals surface area contributed by atoms with Crippen molar-refractivity contribution in [1.82, 2.24) is 0 Å². The smallest absolute Gasteiger partial charge is 0.339 e. The molecule has 98 valence electrons. The van der Waals surface area contributed by atoms with E-state index < -0.39 is 5.97 Å². The number of hydrogen-bond donors (Lipinski definition) is 2. The van der Waals surface area contributed by atoms with E-state index in [9.17, 15) is 4.79 Å². The molecule has 0 aromatic heterocycles. The van der Waals surface area contributed by atoms with Gasteiger partial charge in [0.1, 0.15) is 5.56 Å². The second-order valence-electron chi connectivity index (χ2n) is 3.58. The Bertz CT molecular complexity index is 421. The predicted molar refractivity (Wildman–Crippen MR) is 72.5 cm³/mol. The lowest BCUT2D eigenvalue weighted by Crippen LogP contribution is -2.13. The molecule has 0 radical (unpaired) electrons. The minimum absolute atomic E-state index is 0.0882. The number of rotatable bonds is 8. The first kappa shape index (κ1) is 14.5. The van der Waals surface area contributed by atoms with Gasteiger partial charge < -0.3 is 15.2 Å². The van der Waals surface area contributed by atoms with Gasteiger partial charge in [-0.05, 0) is 18.6 Å². The fraction of sp³-hybridized carbons (Fsp3) is 0.308. The lowest BCUT2D eigenvalue weighted by molar-refractivity contribution is 0.0698. The number of carbonyl (C=O) groups is 1. The Kier molecular flexibility index (Phi) is 6.25. The number of carboxylic acid groups (broad SMARTS) is 1. The molecule has 0 amide bonds. The van der Waals surface area contributed by atoms with Crippen LogP contribution in [0.3, 0.4) is 0 Å². The summed E-state index contributed by atoms with van der Waals surface area (Å²) in [5.41, 5.74) is 0.590. The fourth-order valence-corrected chi connectivity index (χ4v) is 1.67. The molecule has 18 heavy (non-hydrogen) atoms. The Hall–Kier alpha value is -1.52. The first-order valence-electron chi connectivity index (χ1n) is 5.61. The molecule has 2 N–H and O–H groups in total. The summed E-state index contributed by atoms with van der Waals surface area (Å²) in [5, 5.41) is 12.3. The maximum absolute atomic E-state index is 11.0. The maximum Gasteiger partial charge on any atom is 0.339 e. The first-order chi connectivity index (χ1) is 8.66. The molecule has 1 rings (SSSR count). The highest BCUT2D eigenvalue weighted by atomic mass is 35.5. The van der Waals surface area contributed by atoms with Crippen molar-refractivity contribution in [2.45, 2.75) is 6.42 Å². The highest BCUT2D eigenvalue weighted by Gasteiger charge is 2.13. The van der Waals surface area contributed by atoms with Crippen molar-refractivity contribution >= 4 is 23.3 Å². The van der Waals surface area contributed by atoms with E-state index in [2.05, 4.69) is 11.9 Å². The molecule has 0 saturated carbocycles. The van der Waals surface area contributed by atoms with Gasteiger partial charge in [-0.2, -0.15) is 0 Å². The minimum atomic E-state index is -1.05. The van der Waals surface area contributed by atoms with Crippen molar-refractivity contribution in [3.8, 4) is 0 Å². The third kappa shape index (κ3) is 4.39. The van der Waals surface area contributed by atoms with Crippen molar-refractivity contribution in [2.24, 2.45) is 0 Å². The third-order valence-electron chi connectivity index (χ3n) is 2.26. The van der Waals surface area contributed by atoms with Gasteiger partial charge >= 0.3 is 5.97 Å². The molecule has 1 aromatic rings. The molecule has 0 bridgehead atoms. The lowest BCUT2D eigenvalue weighted by Gasteiger charge is -2.10. The van der Waals surface area contributed by atoms with Gasteiger partial charge in [0.25, 0.3) is 0 Å². The largest absolute Gasteiger partial charge is 0.478 e. The molecule has 0 heterocycles. The number of carboxylic acids is 1. The molecule has 0 unspecified atom stereocenters. The van der Waals surface area contributed by atoms with Crippen LogP contribution in [0.15, 0.2) is 30.9 Å². The van der Waals surface area contributed by atoms with E-state index in [1.165, 1.54) is 0 Å². The second kappa shape index (κ2) is 7.74. The number of aromatic carboxylic acids is 1. The Morgan fingerprint density at radius 2 is 2.28 bits per heavy atom. The molecule has 4 nitrogen and oxygen atoms in total. The number of hydrogen-bond acceptors (Lipinski definition) is 3. The van der Waals surface area contributed by atoms with Crippen LogP contribution in [0.1, 0.15) is 16.8 Å². The highest BCUT2D eigenvalue weighted by Crippen LogP contribution is 2.23. The van der Waals surface area contributed by atoms with E-state index in [0.29, 0.717) is 25.4 Å². The summed E-state index contributed by atoms with van der Waals surface area (Å²) in [6.45, 7) is 5.23. The molecular formula is C13H16ClNO3. The third-order valence-corrected chi connectivity index (χ3v) is 2.57. The van der Waals surface area contributed by atoms with Crippen LogP contribution in [0.25, 0.3) is 0 Å². The molecule has 0 fully saturated rings. The average molecular weight is 270 g/mol. The lowest BCUT2D eigenvalue weighted by atomic mass is 10.2. The van der Waals surface area contributed by atoms with Gasteiger partial charge in [0.15, 0.2) is 0 Å². The summed E-state index contributed by atoms with van der Waals surface area (Å²) in [4.78, 5) is 11.0. The molecule has 0 atom stereocenters. The number of halogens is 1. The summed E-state index contributed by atoms with van der Waals surface area (Å²) < 4.78 is 5.31. The fourth-order valence-electron chi connectivity index (χ4n) is 1.42. The summed E-state index contributed by atoms with van der Waals surface area (Å²) in [5.74, 6) is -1.05. The van der Waals surface area contributed by atoms with Crippen LogP contribution < -0.4 is 5.32 Å². The van der Waals surface area contributed by atoms with Gasteiger partial charge in [0.05, 0.1) is 23.9 Å². The number of nitrogens with one attached hydrogen (secondary N) is 1. The Labute approximate surface area is 111 Å². The quantitative estimate of drug-likeness (QED) is 0.563. The molecule has 0 aliphatic carbocycles. The SMILES string of the molecule is C=CCCOCCNc1cccc(Cl)c1C(=O)O. The van der Waals surface area contributed by atoms with Gasteiger partial charge in [0, 0.05) is 6.54 Å². The summed E-state index contributed by atoms with van der Waals surface area (Å²) in [7, 11) is 0. The van der Waals surface area contributed by atoms with E-state index >= 15 is 0 Å². The average Bonchev–Trinajstić information content (AvgIpc) is 2.33. The molecule has 5 heteroatoms. The van der Waals surface area contributed by atoms with Gasteiger partial charge in [-0.3, -0.25) is 0 Å². The standard InChI is InChI=1S/C13H16ClNO3/c1-2-3-8-18-9-7-15-11-6-4-5-10(14)12(11)13(16)17/h2,4-6,15H,1,3,7-9H2,(H,16,17). The Morgan fingerprint density at radius 3 is 2.94 bits per heavy atom. The maximum atomic E-state index is 11.0. The monoisotopic (exact) mass is 269 g/mol. The van der Waals surface area contributed by atoms with Crippen LogP contribution in [0.4, 0.5) is 5.69 Å².